The third-order valence-electron chi connectivity index (χ3n) is 6.81. The first-order valence-electron chi connectivity index (χ1n) is 11.9. The minimum atomic E-state index is -0.807. The highest BCUT2D eigenvalue weighted by atomic mass is 16.4. The largest absolute Gasteiger partial charge is 0.481 e. The Hall–Kier alpha value is -3.21. The standard InChI is InChI=1S/C26H34N4O4/c1-5-6-8-21(31)19-13-18(15-27)24(28-20(19)16-29-11-7-9-23(29)32)30-12-10-17(25(33)34)14-22(30)26(2,3)4/h5,13,17,22H,1,6-12,14,16H2,2-4H3,(H,33,34). The molecule has 0 bridgehead atoms. The number of aliphatic carboxylic acids is 1. The molecule has 2 saturated heterocycles. The number of amides is 1. The number of carboxylic acids is 1. The van der Waals surface area contributed by atoms with Crippen molar-refractivity contribution in [1.29, 1.82) is 5.26 Å². The molecule has 0 aliphatic carbocycles. The Morgan fingerprint density at radius 1 is 1.35 bits per heavy atom. The van der Waals surface area contributed by atoms with E-state index in [1.807, 2.05) is 4.90 Å². The summed E-state index contributed by atoms with van der Waals surface area (Å²) in [6, 6.07) is 3.66. The Bertz CT molecular complexity index is 1020. The summed E-state index contributed by atoms with van der Waals surface area (Å²) >= 11 is 0. The Kier molecular flexibility index (Phi) is 7.75. The molecule has 2 unspecified atom stereocenters. The highest BCUT2D eigenvalue weighted by Gasteiger charge is 2.40. The van der Waals surface area contributed by atoms with Gasteiger partial charge < -0.3 is 14.9 Å². The van der Waals surface area contributed by atoms with Gasteiger partial charge in [-0.3, -0.25) is 14.4 Å². The fourth-order valence-electron chi connectivity index (χ4n) is 4.89. The smallest absolute Gasteiger partial charge is 0.306 e. The molecule has 1 amide bonds. The van der Waals surface area contributed by atoms with Crippen molar-refractivity contribution in [3.05, 3.63) is 35.5 Å². The van der Waals surface area contributed by atoms with Crippen LogP contribution in [0.4, 0.5) is 5.82 Å². The highest BCUT2D eigenvalue weighted by Crippen LogP contribution is 2.38. The number of allylic oxidation sites excluding steroid dienone is 1. The Morgan fingerprint density at radius 2 is 2.09 bits per heavy atom. The van der Waals surface area contributed by atoms with Crippen LogP contribution in [0, 0.1) is 22.7 Å². The number of anilines is 1. The second kappa shape index (κ2) is 10.4. The Morgan fingerprint density at radius 3 is 2.65 bits per heavy atom. The van der Waals surface area contributed by atoms with Crippen LogP contribution in [0.3, 0.4) is 0 Å². The van der Waals surface area contributed by atoms with E-state index < -0.39 is 11.9 Å². The fourth-order valence-corrected chi connectivity index (χ4v) is 4.89. The molecule has 2 aliphatic rings. The van der Waals surface area contributed by atoms with E-state index in [9.17, 15) is 24.8 Å². The first kappa shape index (κ1) is 25.4. The van der Waals surface area contributed by atoms with Gasteiger partial charge >= 0.3 is 5.97 Å². The van der Waals surface area contributed by atoms with Crippen molar-refractivity contribution < 1.29 is 19.5 Å². The summed E-state index contributed by atoms with van der Waals surface area (Å²) in [4.78, 5) is 45.6. The maximum atomic E-state index is 13.0. The van der Waals surface area contributed by atoms with Crippen LogP contribution < -0.4 is 4.90 Å². The lowest BCUT2D eigenvalue weighted by Crippen LogP contribution is -2.51. The Balaban J connectivity index is 2.08. The lowest BCUT2D eigenvalue weighted by atomic mass is 9.76. The van der Waals surface area contributed by atoms with Gasteiger partial charge in [0.2, 0.25) is 5.91 Å². The van der Waals surface area contributed by atoms with E-state index in [2.05, 4.69) is 33.4 Å². The first-order valence-corrected chi connectivity index (χ1v) is 11.9. The molecule has 0 radical (unpaired) electrons. The molecule has 8 heteroatoms. The monoisotopic (exact) mass is 466 g/mol. The molecule has 34 heavy (non-hydrogen) atoms. The number of aromatic nitrogens is 1. The molecule has 2 fully saturated rings. The van der Waals surface area contributed by atoms with Gasteiger partial charge in [-0.15, -0.1) is 6.58 Å². The number of carbonyl (C=O) groups is 3. The SMILES string of the molecule is C=CCCC(=O)c1cc(C#N)c(N2CCC(C(=O)O)CC2C(C)(C)C)nc1CN1CCCC1=O. The zero-order chi connectivity index (χ0) is 25.0. The minimum Gasteiger partial charge on any atom is -0.481 e. The van der Waals surface area contributed by atoms with Crippen LogP contribution in [0.1, 0.15) is 80.9 Å². The van der Waals surface area contributed by atoms with E-state index in [1.54, 1.807) is 17.0 Å². The van der Waals surface area contributed by atoms with Crippen LogP contribution in [-0.2, 0) is 16.1 Å². The molecule has 182 valence electrons. The number of hydrogen-bond acceptors (Lipinski definition) is 6. The Labute approximate surface area is 201 Å². The van der Waals surface area contributed by atoms with Gasteiger partial charge in [-0.1, -0.05) is 26.8 Å². The van der Waals surface area contributed by atoms with Crippen LogP contribution >= 0.6 is 0 Å². The van der Waals surface area contributed by atoms with Gasteiger partial charge in [-0.05, 0) is 37.2 Å². The summed E-state index contributed by atoms with van der Waals surface area (Å²) in [5.74, 6) is -0.888. The molecule has 2 atom stereocenters. The van der Waals surface area contributed by atoms with Crippen molar-refractivity contribution in [2.45, 2.75) is 71.9 Å². The second-order valence-electron chi connectivity index (χ2n) is 10.3. The lowest BCUT2D eigenvalue weighted by Gasteiger charge is -2.46. The molecule has 0 saturated carbocycles. The van der Waals surface area contributed by atoms with Gasteiger partial charge in [0.15, 0.2) is 5.78 Å². The molecule has 1 aromatic rings. The van der Waals surface area contributed by atoms with E-state index in [0.717, 1.165) is 6.42 Å². The minimum absolute atomic E-state index is 0.0343. The van der Waals surface area contributed by atoms with Crippen molar-refractivity contribution in [2.75, 3.05) is 18.0 Å². The number of Topliss-reactive ketones (excluding diaryl/α,β-unsaturated/α-hetero) is 1. The van der Waals surface area contributed by atoms with Gasteiger partial charge in [0, 0.05) is 37.5 Å². The average Bonchev–Trinajstić information content (AvgIpc) is 3.20. The van der Waals surface area contributed by atoms with Crippen molar-refractivity contribution in [1.82, 2.24) is 9.88 Å². The number of piperidine rings is 1. The molecule has 1 aromatic heterocycles. The quantitative estimate of drug-likeness (QED) is 0.456. The fraction of sp³-hybridized carbons (Fsp3) is 0.577. The number of nitriles is 1. The van der Waals surface area contributed by atoms with Gasteiger partial charge in [-0.2, -0.15) is 5.26 Å². The topological polar surface area (TPSA) is 115 Å². The van der Waals surface area contributed by atoms with Crippen LogP contribution in [0.2, 0.25) is 0 Å². The molecule has 3 heterocycles. The predicted octanol–water partition coefficient (Wildman–Crippen LogP) is 3.94. The van der Waals surface area contributed by atoms with Gasteiger partial charge in [0.1, 0.15) is 11.9 Å². The summed E-state index contributed by atoms with van der Waals surface area (Å²) in [6.07, 6.45) is 4.60. The predicted molar refractivity (Wildman–Crippen MR) is 128 cm³/mol. The maximum Gasteiger partial charge on any atom is 0.306 e. The summed E-state index contributed by atoms with van der Waals surface area (Å²) in [5.41, 5.74) is 0.897. The normalized spacial score (nSPS) is 20.8. The van der Waals surface area contributed by atoms with Crippen molar-refractivity contribution in [3.8, 4) is 6.07 Å². The number of nitrogens with zero attached hydrogens (tertiary/aromatic N) is 4. The summed E-state index contributed by atoms with van der Waals surface area (Å²) < 4.78 is 0. The molecule has 0 aromatic carbocycles. The van der Waals surface area contributed by atoms with Gasteiger partial charge in [0.05, 0.1) is 23.7 Å². The van der Waals surface area contributed by atoms with Crippen LogP contribution in [0.25, 0.3) is 0 Å². The average molecular weight is 467 g/mol. The summed E-state index contributed by atoms with van der Waals surface area (Å²) in [5, 5.41) is 19.6. The molecule has 0 spiro atoms. The van der Waals surface area contributed by atoms with Crippen LogP contribution in [0.15, 0.2) is 18.7 Å². The molecule has 3 rings (SSSR count). The molecule has 1 N–H and O–H groups in total. The van der Waals surface area contributed by atoms with Crippen LogP contribution in [-0.4, -0.2) is 51.8 Å². The molecular weight excluding hydrogens is 432 g/mol. The van der Waals surface area contributed by atoms with Crippen molar-refractivity contribution >= 4 is 23.5 Å². The first-order chi connectivity index (χ1) is 16.1. The van der Waals surface area contributed by atoms with E-state index in [4.69, 9.17) is 4.98 Å². The number of carboxylic acid groups (broad SMARTS) is 1. The van der Waals surface area contributed by atoms with E-state index in [0.29, 0.717) is 61.4 Å². The van der Waals surface area contributed by atoms with Crippen molar-refractivity contribution in [2.24, 2.45) is 11.3 Å². The number of hydrogen-bond donors (Lipinski definition) is 1. The summed E-state index contributed by atoms with van der Waals surface area (Å²) in [7, 11) is 0. The number of carbonyl (C=O) groups excluding carboxylic acids is 2. The summed E-state index contributed by atoms with van der Waals surface area (Å²) in [6.45, 7) is 11.1. The molecule has 2 aliphatic heterocycles. The zero-order valence-electron chi connectivity index (χ0n) is 20.3. The zero-order valence-corrected chi connectivity index (χ0v) is 20.3. The third-order valence-corrected chi connectivity index (χ3v) is 6.81. The number of rotatable bonds is 8. The second-order valence-corrected chi connectivity index (χ2v) is 10.3. The third kappa shape index (κ3) is 5.46. The van der Waals surface area contributed by atoms with Crippen LogP contribution in [0.5, 0.6) is 0 Å². The molecular formula is C26H34N4O4. The number of ketones is 1. The lowest BCUT2D eigenvalue weighted by molar-refractivity contribution is -0.143. The van der Waals surface area contributed by atoms with E-state index in [-0.39, 0.29) is 36.1 Å². The number of pyridine rings is 1. The van der Waals surface area contributed by atoms with Gasteiger partial charge in [0.25, 0.3) is 0 Å². The molecule has 8 nitrogen and oxygen atoms in total. The van der Waals surface area contributed by atoms with E-state index >= 15 is 0 Å². The van der Waals surface area contributed by atoms with Crippen molar-refractivity contribution in [3.63, 3.8) is 0 Å². The van der Waals surface area contributed by atoms with Gasteiger partial charge in [-0.25, -0.2) is 4.98 Å². The highest BCUT2D eigenvalue weighted by molar-refractivity contribution is 5.98. The maximum absolute atomic E-state index is 13.0. The van der Waals surface area contributed by atoms with E-state index in [1.165, 1.54) is 0 Å². The number of likely N-dealkylation sites (tertiary alicyclic amines) is 1.